The summed E-state index contributed by atoms with van der Waals surface area (Å²) < 4.78 is 0. The zero-order valence-electron chi connectivity index (χ0n) is 11.3. The summed E-state index contributed by atoms with van der Waals surface area (Å²) in [6.45, 7) is 0. The maximum absolute atomic E-state index is 12.5. The third-order valence-electron chi connectivity index (χ3n) is 3.65. The zero-order chi connectivity index (χ0) is 14.8. The van der Waals surface area contributed by atoms with E-state index in [-0.39, 0.29) is 24.2 Å². The highest BCUT2D eigenvalue weighted by molar-refractivity contribution is 6.30. The van der Waals surface area contributed by atoms with Crippen LogP contribution >= 0.6 is 11.6 Å². The van der Waals surface area contributed by atoms with Crippen molar-refractivity contribution in [2.75, 3.05) is 4.90 Å². The minimum atomic E-state index is -0.282. The number of imide groups is 1. The van der Waals surface area contributed by atoms with Gasteiger partial charge in [-0.1, -0.05) is 41.9 Å². The van der Waals surface area contributed by atoms with Gasteiger partial charge in [0.15, 0.2) is 0 Å². The molecule has 1 saturated heterocycles. The van der Waals surface area contributed by atoms with Crippen LogP contribution < -0.4 is 4.90 Å². The van der Waals surface area contributed by atoms with Crippen LogP contribution in [0.1, 0.15) is 12.0 Å². The Morgan fingerprint density at radius 1 is 1.00 bits per heavy atom. The summed E-state index contributed by atoms with van der Waals surface area (Å²) in [5.41, 5.74) is 1.66. The van der Waals surface area contributed by atoms with Gasteiger partial charge in [0.2, 0.25) is 11.8 Å². The van der Waals surface area contributed by atoms with Crippen LogP contribution in [0.25, 0.3) is 0 Å². The van der Waals surface area contributed by atoms with Crippen LogP contribution in [-0.2, 0) is 16.0 Å². The number of amides is 2. The average Bonchev–Trinajstić information content (AvgIpc) is 2.76. The lowest BCUT2D eigenvalue weighted by atomic mass is 9.98. The Kier molecular flexibility index (Phi) is 3.76. The zero-order valence-corrected chi connectivity index (χ0v) is 12.1. The first-order chi connectivity index (χ1) is 10.1. The van der Waals surface area contributed by atoms with Gasteiger partial charge < -0.3 is 0 Å². The lowest BCUT2D eigenvalue weighted by Gasteiger charge is -2.15. The summed E-state index contributed by atoms with van der Waals surface area (Å²) in [4.78, 5) is 25.9. The smallest absolute Gasteiger partial charge is 0.237 e. The van der Waals surface area contributed by atoms with E-state index in [0.29, 0.717) is 17.1 Å². The van der Waals surface area contributed by atoms with E-state index < -0.39 is 0 Å². The van der Waals surface area contributed by atoms with E-state index in [4.69, 9.17) is 11.6 Å². The molecule has 2 amide bonds. The van der Waals surface area contributed by atoms with Gasteiger partial charge in [0.05, 0.1) is 11.6 Å². The number of benzene rings is 2. The quantitative estimate of drug-likeness (QED) is 0.814. The molecule has 0 aromatic heterocycles. The van der Waals surface area contributed by atoms with Crippen molar-refractivity contribution >= 4 is 29.1 Å². The Morgan fingerprint density at radius 2 is 1.67 bits per heavy atom. The standard InChI is InChI=1S/C17H14ClNO2/c18-14-6-8-15(9-7-14)19-16(20)11-13(17(19)21)10-12-4-2-1-3-5-12/h1-9,13H,10-11H2. The average molecular weight is 300 g/mol. The molecule has 0 bridgehead atoms. The van der Waals surface area contributed by atoms with E-state index >= 15 is 0 Å². The molecule has 0 saturated carbocycles. The van der Waals surface area contributed by atoms with Gasteiger partial charge in [-0.3, -0.25) is 14.5 Å². The number of rotatable bonds is 3. The second-order valence-electron chi connectivity index (χ2n) is 5.13. The minimum Gasteiger partial charge on any atom is -0.274 e. The number of carbonyl (C=O) groups is 2. The van der Waals surface area contributed by atoms with Crippen LogP contribution in [0.15, 0.2) is 54.6 Å². The van der Waals surface area contributed by atoms with Crippen molar-refractivity contribution in [2.45, 2.75) is 12.8 Å². The summed E-state index contributed by atoms with van der Waals surface area (Å²) in [6.07, 6.45) is 0.853. The highest BCUT2D eigenvalue weighted by Gasteiger charge is 2.39. The second-order valence-corrected chi connectivity index (χ2v) is 5.57. The largest absolute Gasteiger partial charge is 0.274 e. The van der Waals surface area contributed by atoms with Crippen LogP contribution in [0.2, 0.25) is 5.02 Å². The maximum atomic E-state index is 12.5. The van der Waals surface area contributed by atoms with Gasteiger partial charge in [0.25, 0.3) is 0 Å². The molecule has 3 rings (SSSR count). The summed E-state index contributed by atoms with van der Waals surface area (Å²) in [5, 5.41) is 0.582. The molecule has 0 spiro atoms. The number of nitrogens with zero attached hydrogens (tertiary/aromatic N) is 1. The molecule has 1 heterocycles. The number of anilines is 1. The fourth-order valence-corrected chi connectivity index (χ4v) is 2.74. The van der Waals surface area contributed by atoms with Crippen LogP contribution in [-0.4, -0.2) is 11.8 Å². The van der Waals surface area contributed by atoms with E-state index in [1.54, 1.807) is 24.3 Å². The number of hydrogen-bond donors (Lipinski definition) is 0. The number of hydrogen-bond acceptors (Lipinski definition) is 2. The summed E-state index contributed by atoms with van der Waals surface area (Å²) >= 11 is 5.84. The Morgan fingerprint density at radius 3 is 2.33 bits per heavy atom. The molecule has 0 radical (unpaired) electrons. The summed E-state index contributed by atoms with van der Waals surface area (Å²) in [5.74, 6) is -0.565. The first-order valence-corrected chi connectivity index (χ1v) is 7.19. The van der Waals surface area contributed by atoms with E-state index in [0.717, 1.165) is 5.56 Å². The predicted molar refractivity (Wildman–Crippen MR) is 82.2 cm³/mol. The molecule has 3 nitrogen and oxygen atoms in total. The van der Waals surface area contributed by atoms with Crippen LogP contribution in [0, 0.1) is 5.92 Å². The van der Waals surface area contributed by atoms with Crippen molar-refractivity contribution in [3.63, 3.8) is 0 Å². The summed E-state index contributed by atoms with van der Waals surface area (Å²) in [6, 6.07) is 16.5. The van der Waals surface area contributed by atoms with Crippen molar-refractivity contribution in [3.05, 3.63) is 65.2 Å². The molecule has 1 fully saturated rings. The normalized spacial score (nSPS) is 18.3. The molecule has 21 heavy (non-hydrogen) atoms. The fraction of sp³-hybridized carbons (Fsp3) is 0.176. The Hall–Kier alpha value is -2.13. The van der Waals surface area contributed by atoms with Gasteiger partial charge in [-0.15, -0.1) is 0 Å². The third-order valence-corrected chi connectivity index (χ3v) is 3.90. The summed E-state index contributed by atoms with van der Waals surface area (Å²) in [7, 11) is 0. The van der Waals surface area contributed by atoms with Gasteiger partial charge in [-0.05, 0) is 36.2 Å². The molecular formula is C17H14ClNO2. The lowest BCUT2D eigenvalue weighted by molar-refractivity contribution is -0.122. The van der Waals surface area contributed by atoms with Crippen LogP contribution in [0.3, 0.4) is 0 Å². The number of halogens is 1. The minimum absolute atomic E-state index is 0.133. The highest BCUT2D eigenvalue weighted by Crippen LogP contribution is 2.29. The van der Waals surface area contributed by atoms with E-state index in [1.165, 1.54) is 4.90 Å². The van der Waals surface area contributed by atoms with Gasteiger partial charge in [0, 0.05) is 11.4 Å². The van der Waals surface area contributed by atoms with E-state index in [2.05, 4.69) is 0 Å². The molecule has 1 aliphatic heterocycles. The molecule has 2 aromatic rings. The number of carbonyl (C=O) groups excluding carboxylic acids is 2. The van der Waals surface area contributed by atoms with Crippen molar-refractivity contribution in [2.24, 2.45) is 5.92 Å². The molecule has 0 aliphatic carbocycles. The fourth-order valence-electron chi connectivity index (χ4n) is 2.61. The molecule has 2 aromatic carbocycles. The topological polar surface area (TPSA) is 37.4 Å². The first kappa shape index (κ1) is 13.8. The van der Waals surface area contributed by atoms with Gasteiger partial charge in [-0.2, -0.15) is 0 Å². The van der Waals surface area contributed by atoms with Crippen molar-refractivity contribution in [1.29, 1.82) is 0 Å². The Balaban J connectivity index is 1.80. The molecule has 1 unspecified atom stereocenters. The Labute approximate surface area is 128 Å². The predicted octanol–water partition coefficient (Wildman–Crippen LogP) is 3.46. The van der Waals surface area contributed by atoms with Crippen molar-refractivity contribution < 1.29 is 9.59 Å². The molecule has 1 aliphatic rings. The van der Waals surface area contributed by atoms with Crippen LogP contribution in [0.5, 0.6) is 0 Å². The van der Waals surface area contributed by atoms with Gasteiger partial charge in [0.1, 0.15) is 0 Å². The van der Waals surface area contributed by atoms with Gasteiger partial charge >= 0.3 is 0 Å². The van der Waals surface area contributed by atoms with E-state index in [9.17, 15) is 9.59 Å². The van der Waals surface area contributed by atoms with Crippen molar-refractivity contribution in [1.82, 2.24) is 0 Å². The van der Waals surface area contributed by atoms with Gasteiger partial charge in [-0.25, -0.2) is 0 Å². The molecule has 4 heteroatoms. The highest BCUT2D eigenvalue weighted by atomic mass is 35.5. The van der Waals surface area contributed by atoms with E-state index in [1.807, 2.05) is 30.3 Å². The molecule has 1 atom stereocenters. The Bertz CT molecular complexity index is 667. The third kappa shape index (κ3) is 2.83. The second kappa shape index (κ2) is 5.70. The van der Waals surface area contributed by atoms with Crippen LogP contribution in [0.4, 0.5) is 5.69 Å². The lowest BCUT2D eigenvalue weighted by Crippen LogP contribution is -2.30. The molecular weight excluding hydrogens is 286 g/mol. The molecule has 0 N–H and O–H groups in total. The first-order valence-electron chi connectivity index (χ1n) is 6.81. The van der Waals surface area contributed by atoms with Crippen molar-refractivity contribution in [3.8, 4) is 0 Å². The monoisotopic (exact) mass is 299 g/mol. The maximum Gasteiger partial charge on any atom is 0.237 e. The molecule has 106 valence electrons. The SMILES string of the molecule is O=C1CC(Cc2ccccc2)C(=O)N1c1ccc(Cl)cc1.